The molecule has 1 aliphatic rings. The van der Waals surface area contributed by atoms with Crippen LogP contribution in [0.1, 0.15) is 5.56 Å². The molecule has 4 aromatic carbocycles. The van der Waals surface area contributed by atoms with E-state index in [0.29, 0.717) is 0 Å². The van der Waals surface area contributed by atoms with Crippen molar-refractivity contribution in [2.75, 3.05) is 16.8 Å². The van der Waals surface area contributed by atoms with E-state index in [-0.39, 0.29) is 19.8 Å². The van der Waals surface area contributed by atoms with E-state index in [1.54, 1.807) is 0 Å². The second kappa shape index (κ2) is 9.78. The summed E-state index contributed by atoms with van der Waals surface area (Å²) in [6, 6.07) is 40.6. The molecule has 4 aromatic rings. The van der Waals surface area contributed by atoms with E-state index in [1.165, 1.54) is 27.5 Å². The second-order valence-corrected chi connectivity index (χ2v) is 10.00. The Balaban J connectivity index is 0.00000231. The van der Waals surface area contributed by atoms with Crippen molar-refractivity contribution in [2.24, 2.45) is 0 Å². The Bertz CT molecular complexity index is 1090. The van der Waals surface area contributed by atoms with Crippen LogP contribution < -0.4 is 20.4 Å². The summed E-state index contributed by atoms with van der Waals surface area (Å²) in [6.45, 7) is 2.14. The van der Waals surface area contributed by atoms with Gasteiger partial charge >= 0.3 is 19.8 Å². The van der Waals surface area contributed by atoms with Gasteiger partial charge in [0.25, 0.3) is 0 Å². The molecule has 4 heteroatoms. The third-order valence-corrected chi connectivity index (χ3v) is 8.32. The first kappa shape index (κ1) is 21.8. The summed E-state index contributed by atoms with van der Waals surface area (Å²) in [7, 11) is 1.16. The largest absolute Gasteiger partial charge is 2.00 e. The smallest absolute Gasteiger partial charge is 0.504 e. The van der Waals surface area contributed by atoms with Gasteiger partial charge in [-0.1, -0.05) is 48.5 Å². The maximum atomic E-state index is 3.71. The molecule has 1 heterocycles. The molecule has 0 amide bonds. The molecule has 0 bridgehead atoms. The first-order valence-electron chi connectivity index (χ1n) is 10.2. The van der Waals surface area contributed by atoms with Gasteiger partial charge in [-0.3, -0.25) is 0 Å². The molecule has 0 atom stereocenters. The number of hydrogen-bond acceptors (Lipinski definition) is 2. The van der Waals surface area contributed by atoms with Crippen molar-refractivity contribution in [1.29, 1.82) is 0 Å². The Labute approximate surface area is 199 Å². The van der Waals surface area contributed by atoms with Gasteiger partial charge < -0.3 is 9.80 Å². The zero-order chi connectivity index (χ0) is 20.3. The molecule has 0 N–H and O–H groups in total. The Morgan fingerprint density at radius 1 is 0.710 bits per heavy atom. The molecule has 2 nitrogen and oxygen atoms in total. The van der Waals surface area contributed by atoms with Crippen LogP contribution in [0.2, 0.25) is 0 Å². The monoisotopic (exact) mass is 599 g/mol. The van der Waals surface area contributed by atoms with Crippen molar-refractivity contribution in [3.8, 4) is 0 Å². The van der Waals surface area contributed by atoms with Crippen LogP contribution in [0.5, 0.6) is 0 Å². The van der Waals surface area contributed by atoms with Crippen molar-refractivity contribution in [1.82, 2.24) is 0 Å². The predicted octanol–water partition coefficient (Wildman–Crippen LogP) is 5.56. The molecule has 0 saturated heterocycles. The molecule has 0 radical (unpaired) electrons. The van der Waals surface area contributed by atoms with E-state index in [9.17, 15) is 0 Å². The molecule has 0 aromatic heterocycles. The number of hydrogen-bond donors (Lipinski definition) is 0. The summed E-state index contributed by atoms with van der Waals surface area (Å²) >= 11 is 0. The van der Waals surface area contributed by atoms with Crippen molar-refractivity contribution in [3.63, 3.8) is 0 Å². The van der Waals surface area contributed by atoms with Gasteiger partial charge in [-0.25, -0.2) is 0 Å². The van der Waals surface area contributed by atoms with Gasteiger partial charge in [0.1, 0.15) is 0 Å². The van der Waals surface area contributed by atoms with Crippen LogP contribution in [0.4, 0.5) is 17.1 Å². The molecule has 0 spiro atoms. The number of para-hydroxylation sites is 2. The third kappa shape index (κ3) is 4.60. The molecular formula is C27H24N2OsP+. The fourth-order valence-electron chi connectivity index (χ4n) is 4.04. The SMILES string of the molecule is CN1[CH-]N(c2[c-]c(C[PH+](c3ccccc3)c3ccccc3)ccc2)c2ccccc21.[Os+2]. The van der Waals surface area contributed by atoms with E-state index in [4.69, 9.17) is 0 Å². The van der Waals surface area contributed by atoms with Crippen LogP contribution >= 0.6 is 7.92 Å². The van der Waals surface area contributed by atoms with Crippen molar-refractivity contribution in [3.05, 3.63) is 121 Å². The Morgan fingerprint density at radius 3 is 1.94 bits per heavy atom. The van der Waals surface area contributed by atoms with Gasteiger partial charge in [-0.05, 0) is 43.4 Å². The maximum Gasteiger partial charge on any atom is 2.00 e. The van der Waals surface area contributed by atoms with Crippen LogP contribution in [0.15, 0.2) is 103 Å². The molecule has 1 aliphatic heterocycles. The molecule has 0 unspecified atom stereocenters. The summed E-state index contributed by atoms with van der Waals surface area (Å²) in [5.74, 6) is 0. The van der Waals surface area contributed by atoms with Gasteiger partial charge in [0, 0.05) is 11.4 Å². The van der Waals surface area contributed by atoms with E-state index in [0.717, 1.165) is 11.8 Å². The topological polar surface area (TPSA) is 6.48 Å². The molecule has 154 valence electrons. The zero-order valence-electron chi connectivity index (χ0n) is 17.3. The third-order valence-electron chi connectivity index (χ3n) is 5.52. The quantitative estimate of drug-likeness (QED) is 0.220. The molecular weight excluding hydrogens is 574 g/mol. The summed E-state index contributed by atoms with van der Waals surface area (Å²) < 4.78 is 0. The van der Waals surface area contributed by atoms with Crippen molar-refractivity contribution in [2.45, 2.75) is 6.16 Å². The average molecular weight is 598 g/mol. The molecule has 5 rings (SSSR count). The van der Waals surface area contributed by atoms with E-state index >= 15 is 0 Å². The van der Waals surface area contributed by atoms with E-state index in [1.807, 2.05) is 0 Å². The Morgan fingerprint density at radius 2 is 1.29 bits per heavy atom. The van der Waals surface area contributed by atoms with E-state index in [2.05, 4.69) is 133 Å². The maximum absolute atomic E-state index is 3.71. The second-order valence-electron chi connectivity index (χ2n) is 7.53. The van der Waals surface area contributed by atoms with Gasteiger partial charge in [0.05, 0.1) is 24.7 Å². The summed E-state index contributed by atoms with van der Waals surface area (Å²) in [6.07, 6.45) is 1.01. The predicted molar refractivity (Wildman–Crippen MR) is 131 cm³/mol. The van der Waals surface area contributed by atoms with Crippen LogP contribution in [0.3, 0.4) is 0 Å². The van der Waals surface area contributed by atoms with Crippen LogP contribution in [0, 0.1) is 12.7 Å². The van der Waals surface area contributed by atoms with Crippen molar-refractivity contribution < 1.29 is 19.8 Å². The van der Waals surface area contributed by atoms with Gasteiger partial charge in [0.15, 0.2) is 0 Å². The number of fused-ring (bicyclic) bond motifs is 1. The van der Waals surface area contributed by atoms with Crippen LogP contribution in [-0.4, -0.2) is 7.05 Å². The minimum atomic E-state index is -0.933. The first-order chi connectivity index (χ1) is 14.8. The fraction of sp³-hybridized carbons (Fsp3) is 0.0741. The number of rotatable bonds is 5. The first-order valence-corrected chi connectivity index (χ1v) is 11.9. The van der Waals surface area contributed by atoms with Crippen molar-refractivity contribution >= 4 is 35.6 Å². The molecule has 0 fully saturated rings. The Kier molecular flexibility index (Phi) is 6.87. The summed E-state index contributed by atoms with van der Waals surface area (Å²) in [5.41, 5.74) is 4.76. The summed E-state index contributed by atoms with van der Waals surface area (Å²) in [5, 5.41) is 2.87. The molecule has 0 aliphatic carbocycles. The van der Waals surface area contributed by atoms with Gasteiger partial charge in [0.2, 0.25) is 0 Å². The molecule has 31 heavy (non-hydrogen) atoms. The van der Waals surface area contributed by atoms with Crippen LogP contribution in [-0.2, 0) is 26.0 Å². The minimum absolute atomic E-state index is 0. The number of benzene rings is 4. The number of anilines is 3. The normalized spacial score (nSPS) is 12.6. The van der Waals surface area contributed by atoms with Gasteiger partial charge in [-0.2, -0.15) is 30.9 Å². The standard InChI is InChI=1S/C27H23N2P.Os/c1-28-21-29(27-18-9-8-17-26(27)28)23-12-10-11-22(19-23)20-30(24-13-4-2-5-14-24)25-15-6-3-7-16-25;/h2-18,21H,20H2,1H3;/q-2;+2/p+1. The zero-order valence-corrected chi connectivity index (χ0v) is 20.9. The summed E-state index contributed by atoms with van der Waals surface area (Å²) in [4.78, 5) is 4.40. The van der Waals surface area contributed by atoms with E-state index < -0.39 is 7.92 Å². The van der Waals surface area contributed by atoms with Gasteiger partial charge in [-0.15, -0.1) is 11.3 Å². The number of nitrogens with zero attached hydrogens (tertiary/aromatic N) is 2. The average Bonchev–Trinajstić information content (AvgIpc) is 3.16. The fourth-order valence-corrected chi connectivity index (χ4v) is 6.56. The Hall–Kier alpha value is -2.45. The minimum Gasteiger partial charge on any atom is -0.504 e. The van der Waals surface area contributed by atoms with Crippen LogP contribution in [0.25, 0.3) is 0 Å². The molecule has 0 saturated carbocycles.